The lowest BCUT2D eigenvalue weighted by atomic mass is 10.2. The second kappa shape index (κ2) is 5.21. The molecule has 0 saturated heterocycles. The summed E-state index contributed by atoms with van der Waals surface area (Å²) in [5, 5.41) is 3.60. The van der Waals surface area contributed by atoms with Crippen LogP contribution in [0.4, 0.5) is 0 Å². The predicted octanol–water partition coefficient (Wildman–Crippen LogP) is 3.15. The second-order valence-corrected chi connectivity index (χ2v) is 4.08. The van der Waals surface area contributed by atoms with Crippen LogP contribution in [0, 0.1) is 6.92 Å². The van der Waals surface area contributed by atoms with Crippen molar-refractivity contribution in [3.8, 4) is 11.8 Å². The first-order valence-electron chi connectivity index (χ1n) is 5.22. The minimum atomic E-state index is 0.223. The van der Waals surface area contributed by atoms with Crippen molar-refractivity contribution in [2.75, 3.05) is 7.05 Å². The highest BCUT2D eigenvalue weighted by molar-refractivity contribution is 6.30. The summed E-state index contributed by atoms with van der Waals surface area (Å²) < 4.78 is 10.7. The normalized spacial score (nSPS) is 10.5. The number of oxazole rings is 1. The molecule has 1 aromatic carbocycles. The van der Waals surface area contributed by atoms with E-state index in [0.717, 1.165) is 11.3 Å². The molecule has 0 spiro atoms. The lowest BCUT2D eigenvalue weighted by molar-refractivity contribution is 0.329. The van der Waals surface area contributed by atoms with Crippen molar-refractivity contribution < 1.29 is 9.15 Å². The van der Waals surface area contributed by atoms with Gasteiger partial charge in [-0.1, -0.05) is 17.7 Å². The van der Waals surface area contributed by atoms with Crippen LogP contribution in [-0.4, -0.2) is 12.0 Å². The summed E-state index contributed by atoms with van der Waals surface area (Å²) in [6.07, 6.45) is 1.78. The van der Waals surface area contributed by atoms with Gasteiger partial charge in [-0.25, -0.2) is 0 Å². The third-order valence-electron chi connectivity index (χ3n) is 2.24. The maximum absolute atomic E-state index is 5.90. The number of rotatable bonds is 4. The van der Waals surface area contributed by atoms with Crippen molar-refractivity contribution >= 4 is 11.6 Å². The van der Waals surface area contributed by atoms with E-state index < -0.39 is 0 Å². The summed E-state index contributed by atoms with van der Waals surface area (Å²) in [6.45, 7) is 2.57. The molecule has 0 fully saturated rings. The van der Waals surface area contributed by atoms with Crippen molar-refractivity contribution in [3.63, 3.8) is 0 Å². The van der Waals surface area contributed by atoms with Crippen LogP contribution >= 0.6 is 11.6 Å². The molecule has 90 valence electrons. The Morgan fingerprint density at radius 3 is 3.06 bits per heavy atom. The van der Waals surface area contributed by atoms with E-state index in [9.17, 15) is 0 Å². The molecule has 1 aromatic heterocycles. The molecule has 5 heteroatoms. The first-order valence-corrected chi connectivity index (χ1v) is 5.60. The average molecular weight is 253 g/mol. The van der Waals surface area contributed by atoms with E-state index in [0.29, 0.717) is 17.3 Å². The molecule has 0 saturated carbocycles. The summed E-state index contributed by atoms with van der Waals surface area (Å²) in [7, 11) is 1.84. The zero-order chi connectivity index (χ0) is 12.3. The Balaban J connectivity index is 2.16. The van der Waals surface area contributed by atoms with Crippen LogP contribution in [0.3, 0.4) is 0 Å². The minimum absolute atomic E-state index is 0.223. The second-order valence-electron chi connectivity index (χ2n) is 3.65. The van der Waals surface area contributed by atoms with E-state index in [1.165, 1.54) is 0 Å². The molecule has 1 heterocycles. The lowest BCUT2D eigenvalue weighted by Crippen LogP contribution is -2.04. The van der Waals surface area contributed by atoms with Crippen LogP contribution in [0.25, 0.3) is 0 Å². The number of hydrogen-bond donors (Lipinski definition) is 1. The largest absolute Gasteiger partial charge is 0.417 e. The van der Waals surface area contributed by atoms with E-state index >= 15 is 0 Å². The van der Waals surface area contributed by atoms with E-state index in [1.807, 2.05) is 26.1 Å². The Hall–Kier alpha value is -1.52. The Morgan fingerprint density at radius 2 is 2.29 bits per heavy atom. The third-order valence-corrected chi connectivity index (χ3v) is 2.47. The van der Waals surface area contributed by atoms with Gasteiger partial charge in [-0.3, -0.25) is 0 Å². The molecule has 4 nitrogen and oxygen atoms in total. The molecule has 0 aliphatic carbocycles. The number of hydrogen-bond acceptors (Lipinski definition) is 4. The standard InChI is InChI=1S/C12H13ClN2O2/c1-8-3-4-9(13)5-11(8)17-12-15-10(6-14-2)7-16-12/h3-5,7,14H,6H2,1-2H3. The van der Waals surface area contributed by atoms with Gasteiger partial charge in [0.1, 0.15) is 12.0 Å². The van der Waals surface area contributed by atoms with Crippen LogP contribution in [-0.2, 0) is 6.54 Å². The number of nitrogens with zero attached hydrogens (tertiary/aromatic N) is 1. The highest BCUT2D eigenvalue weighted by Gasteiger charge is 2.08. The molecular formula is C12H13ClN2O2. The molecule has 0 aliphatic rings. The molecule has 0 atom stereocenters. The molecule has 1 N–H and O–H groups in total. The van der Waals surface area contributed by atoms with Gasteiger partial charge in [0.2, 0.25) is 0 Å². The maximum Gasteiger partial charge on any atom is 0.399 e. The van der Waals surface area contributed by atoms with E-state index in [1.54, 1.807) is 12.3 Å². The fourth-order valence-corrected chi connectivity index (χ4v) is 1.54. The van der Waals surface area contributed by atoms with Crippen LogP contribution in [0.1, 0.15) is 11.3 Å². The van der Waals surface area contributed by atoms with Crippen LogP contribution in [0.2, 0.25) is 5.02 Å². The molecule has 0 bridgehead atoms. The van der Waals surface area contributed by atoms with Crippen LogP contribution < -0.4 is 10.1 Å². The zero-order valence-corrected chi connectivity index (χ0v) is 10.4. The van der Waals surface area contributed by atoms with Crippen molar-refractivity contribution in [1.29, 1.82) is 0 Å². The van der Waals surface area contributed by atoms with Gasteiger partial charge in [-0.15, -0.1) is 0 Å². The number of aryl methyl sites for hydroxylation is 1. The van der Waals surface area contributed by atoms with Gasteiger partial charge < -0.3 is 14.5 Å². The van der Waals surface area contributed by atoms with Crippen molar-refractivity contribution in [1.82, 2.24) is 10.3 Å². The van der Waals surface area contributed by atoms with E-state index in [2.05, 4.69) is 10.3 Å². The summed E-state index contributed by atoms with van der Waals surface area (Å²) >= 11 is 5.90. The molecule has 2 rings (SSSR count). The predicted molar refractivity (Wildman–Crippen MR) is 65.5 cm³/mol. The number of halogens is 1. The van der Waals surface area contributed by atoms with Crippen molar-refractivity contribution in [2.24, 2.45) is 0 Å². The maximum atomic E-state index is 5.90. The van der Waals surface area contributed by atoms with Crippen molar-refractivity contribution in [2.45, 2.75) is 13.5 Å². The topological polar surface area (TPSA) is 47.3 Å². The zero-order valence-electron chi connectivity index (χ0n) is 9.66. The molecule has 0 aliphatic heterocycles. The Bertz CT molecular complexity index is 511. The summed E-state index contributed by atoms with van der Waals surface area (Å²) in [6, 6.07) is 5.43. The first kappa shape index (κ1) is 12.0. The van der Waals surface area contributed by atoms with Crippen molar-refractivity contribution in [3.05, 3.63) is 40.7 Å². The highest BCUT2D eigenvalue weighted by Crippen LogP contribution is 2.27. The quantitative estimate of drug-likeness (QED) is 0.908. The summed E-state index contributed by atoms with van der Waals surface area (Å²) in [5.41, 5.74) is 1.77. The van der Waals surface area contributed by atoms with Gasteiger partial charge in [0.25, 0.3) is 0 Å². The van der Waals surface area contributed by atoms with Gasteiger partial charge in [-0.2, -0.15) is 4.98 Å². The lowest BCUT2D eigenvalue weighted by Gasteiger charge is -2.04. The van der Waals surface area contributed by atoms with E-state index in [4.69, 9.17) is 20.8 Å². The molecule has 0 amide bonds. The Kier molecular flexibility index (Phi) is 3.66. The number of benzene rings is 1. The number of ether oxygens (including phenoxy) is 1. The van der Waals surface area contributed by atoms with Crippen LogP contribution in [0.15, 0.2) is 28.9 Å². The average Bonchev–Trinajstić information content (AvgIpc) is 2.72. The van der Waals surface area contributed by atoms with Gasteiger partial charge in [0.15, 0.2) is 0 Å². The molecule has 0 unspecified atom stereocenters. The van der Waals surface area contributed by atoms with Crippen LogP contribution in [0.5, 0.6) is 11.8 Å². The smallest absolute Gasteiger partial charge is 0.399 e. The fraction of sp³-hybridized carbons (Fsp3) is 0.250. The van der Waals surface area contributed by atoms with E-state index in [-0.39, 0.29) is 6.08 Å². The Labute approximate surface area is 105 Å². The highest BCUT2D eigenvalue weighted by atomic mass is 35.5. The molecule has 0 radical (unpaired) electrons. The van der Waals surface area contributed by atoms with Gasteiger partial charge in [0, 0.05) is 11.6 Å². The fourth-order valence-electron chi connectivity index (χ4n) is 1.38. The molecular weight excluding hydrogens is 240 g/mol. The summed E-state index contributed by atoms with van der Waals surface area (Å²) in [5.74, 6) is 0.648. The monoisotopic (exact) mass is 252 g/mol. The number of aromatic nitrogens is 1. The molecule has 2 aromatic rings. The van der Waals surface area contributed by atoms with Gasteiger partial charge in [-0.05, 0) is 31.7 Å². The molecule has 17 heavy (non-hydrogen) atoms. The first-order chi connectivity index (χ1) is 8.19. The van der Waals surface area contributed by atoms with Gasteiger partial charge >= 0.3 is 6.08 Å². The Morgan fingerprint density at radius 1 is 1.47 bits per heavy atom. The number of nitrogens with one attached hydrogen (secondary N) is 1. The van der Waals surface area contributed by atoms with Gasteiger partial charge in [0.05, 0.1) is 5.69 Å². The SMILES string of the molecule is CNCc1coc(Oc2cc(Cl)ccc2C)n1. The minimum Gasteiger partial charge on any atom is -0.417 e. The third kappa shape index (κ3) is 2.99. The summed E-state index contributed by atoms with van der Waals surface area (Å²) in [4.78, 5) is 4.17.